The lowest BCUT2D eigenvalue weighted by Gasteiger charge is -2.10. The highest BCUT2D eigenvalue weighted by Gasteiger charge is 2.06. The summed E-state index contributed by atoms with van der Waals surface area (Å²) in [5.41, 5.74) is 6.80. The number of halogens is 1. The summed E-state index contributed by atoms with van der Waals surface area (Å²) in [6.45, 7) is 2.04. The largest absolute Gasteiger partial charge is 0.455 e. The molecule has 3 nitrogen and oxygen atoms in total. The summed E-state index contributed by atoms with van der Waals surface area (Å²) in [5.74, 6) is 1.47. The van der Waals surface area contributed by atoms with Gasteiger partial charge in [-0.25, -0.2) is 0 Å². The average molecular weight is 307 g/mol. The van der Waals surface area contributed by atoms with Crippen LogP contribution in [-0.4, -0.2) is 4.98 Å². The van der Waals surface area contributed by atoms with Crippen molar-refractivity contribution < 1.29 is 4.74 Å². The van der Waals surface area contributed by atoms with Crippen LogP contribution < -0.4 is 10.5 Å². The number of ether oxygens (including phenoxy) is 1. The first kappa shape index (κ1) is 13.1. The van der Waals surface area contributed by atoms with Crippen LogP contribution in [0.4, 0.5) is 0 Å². The number of hydrogen-bond acceptors (Lipinski definition) is 3. The van der Waals surface area contributed by atoms with Gasteiger partial charge in [-0.15, -0.1) is 0 Å². The van der Waals surface area contributed by atoms with E-state index >= 15 is 0 Å². The van der Waals surface area contributed by atoms with Gasteiger partial charge in [0, 0.05) is 6.04 Å². The number of nitrogens with two attached hydrogens (primary N) is 1. The maximum atomic E-state index is 5.91. The molecule has 0 aliphatic heterocycles. The van der Waals surface area contributed by atoms with E-state index in [9.17, 15) is 0 Å². The van der Waals surface area contributed by atoms with Gasteiger partial charge >= 0.3 is 0 Å². The number of aromatic nitrogens is 1. The Morgan fingerprint density at radius 2 is 2.06 bits per heavy atom. The summed E-state index contributed by atoms with van der Waals surface area (Å²) >= 11 is 3.44. The molecular formula is C14H15BrN2O. The Labute approximate surface area is 115 Å². The molecule has 0 fully saturated rings. The first-order valence-electron chi connectivity index (χ1n) is 5.84. The Bertz CT molecular complexity index is 513. The number of nitrogens with zero attached hydrogens (tertiary/aromatic N) is 1. The molecule has 18 heavy (non-hydrogen) atoms. The van der Waals surface area contributed by atoms with Crippen molar-refractivity contribution in [3.05, 3.63) is 52.8 Å². The Balaban J connectivity index is 2.14. The minimum atomic E-state index is -0.0116. The van der Waals surface area contributed by atoms with Crippen LogP contribution in [0.5, 0.6) is 11.5 Å². The number of pyridine rings is 1. The van der Waals surface area contributed by atoms with Crippen LogP contribution in [0.1, 0.15) is 25.1 Å². The topological polar surface area (TPSA) is 48.1 Å². The Hall–Kier alpha value is -1.39. The van der Waals surface area contributed by atoms with E-state index in [0.29, 0.717) is 5.75 Å². The molecule has 1 heterocycles. The molecule has 1 aromatic heterocycles. The van der Waals surface area contributed by atoms with Crippen LogP contribution in [0, 0.1) is 0 Å². The van der Waals surface area contributed by atoms with E-state index < -0.39 is 0 Å². The third-order valence-electron chi connectivity index (χ3n) is 2.64. The van der Waals surface area contributed by atoms with Crippen LogP contribution in [0.15, 0.2) is 47.1 Å². The molecule has 1 aromatic carbocycles. The van der Waals surface area contributed by atoms with Gasteiger partial charge in [-0.05, 0) is 46.6 Å². The zero-order chi connectivity index (χ0) is 13.0. The van der Waals surface area contributed by atoms with Crippen molar-refractivity contribution in [2.24, 2.45) is 5.73 Å². The summed E-state index contributed by atoms with van der Waals surface area (Å²) in [7, 11) is 0. The zero-order valence-electron chi connectivity index (χ0n) is 10.1. The van der Waals surface area contributed by atoms with Crippen molar-refractivity contribution in [1.82, 2.24) is 4.98 Å². The van der Waals surface area contributed by atoms with Crippen LogP contribution in [-0.2, 0) is 0 Å². The summed E-state index contributed by atoms with van der Waals surface area (Å²) in [5, 5.41) is 0. The maximum Gasteiger partial charge on any atom is 0.145 e. The minimum Gasteiger partial charge on any atom is -0.455 e. The van der Waals surface area contributed by atoms with E-state index in [1.54, 1.807) is 6.20 Å². The highest BCUT2D eigenvalue weighted by atomic mass is 79.9. The predicted molar refractivity (Wildman–Crippen MR) is 75.7 cm³/mol. The number of rotatable bonds is 4. The normalized spacial score (nSPS) is 12.2. The highest BCUT2D eigenvalue weighted by molar-refractivity contribution is 9.10. The van der Waals surface area contributed by atoms with Gasteiger partial charge in [-0.3, -0.25) is 4.98 Å². The predicted octanol–water partition coefficient (Wildman–Crippen LogP) is 4.05. The molecule has 0 aliphatic carbocycles. The fraction of sp³-hybridized carbons (Fsp3) is 0.214. The van der Waals surface area contributed by atoms with E-state index in [1.165, 1.54) is 0 Å². The van der Waals surface area contributed by atoms with Crippen LogP contribution in [0.2, 0.25) is 0 Å². The molecule has 0 aliphatic rings. The van der Waals surface area contributed by atoms with E-state index in [1.807, 2.05) is 43.3 Å². The second-order valence-electron chi connectivity index (χ2n) is 3.97. The number of hydrogen-bond donors (Lipinski definition) is 1. The highest BCUT2D eigenvalue weighted by Crippen LogP contribution is 2.29. The van der Waals surface area contributed by atoms with Gasteiger partial charge in [-0.2, -0.15) is 0 Å². The number of benzene rings is 1. The molecule has 2 rings (SSSR count). The van der Waals surface area contributed by atoms with Crippen LogP contribution in [0.25, 0.3) is 0 Å². The van der Waals surface area contributed by atoms with Crippen molar-refractivity contribution in [1.29, 1.82) is 0 Å². The Morgan fingerprint density at radius 3 is 2.67 bits per heavy atom. The molecule has 2 N–H and O–H groups in total. The summed E-state index contributed by atoms with van der Waals surface area (Å²) in [4.78, 5) is 4.31. The van der Waals surface area contributed by atoms with Crippen molar-refractivity contribution in [3.63, 3.8) is 0 Å². The van der Waals surface area contributed by atoms with E-state index in [4.69, 9.17) is 10.5 Å². The molecule has 2 aromatic rings. The monoisotopic (exact) mass is 306 g/mol. The van der Waals surface area contributed by atoms with Gasteiger partial charge in [0.05, 0.1) is 16.4 Å². The first-order chi connectivity index (χ1) is 8.70. The molecule has 0 radical (unpaired) electrons. The molecule has 0 amide bonds. The van der Waals surface area contributed by atoms with Gasteiger partial charge in [-0.1, -0.05) is 19.1 Å². The van der Waals surface area contributed by atoms with Gasteiger partial charge in [0.15, 0.2) is 0 Å². The quantitative estimate of drug-likeness (QED) is 0.927. The molecular weight excluding hydrogens is 292 g/mol. The zero-order valence-corrected chi connectivity index (χ0v) is 11.7. The molecule has 1 atom stereocenters. The SMILES string of the molecule is CC[C@H](N)c1ccc(Oc2ccccc2Br)cn1. The smallest absolute Gasteiger partial charge is 0.145 e. The minimum absolute atomic E-state index is 0.0116. The van der Waals surface area contributed by atoms with Gasteiger partial charge < -0.3 is 10.5 Å². The lowest BCUT2D eigenvalue weighted by atomic mass is 10.1. The molecule has 0 spiro atoms. The third-order valence-corrected chi connectivity index (χ3v) is 3.30. The average Bonchev–Trinajstić information content (AvgIpc) is 2.41. The lowest BCUT2D eigenvalue weighted by Crippen LogP contribution is -2.10. The molecule has 0 saturated heterocycles. The summed E-state index contributed by atoms with van der Waals surface area (Å²) in [6, 6.07) is 11.5. The lowest BCUT2D eigenvalue weighted by molar-refractivity contribution is 0.476. The van der Waals surface area contributed by atoms with E-state index in [2.05, 4.69) is 20.9 Å². The fourth-order valence-electron chi connectivity index (χ4n) is 1.54. The molecule has 0 bridgehead atoms. The summed E-state index contributed by atoms with van der Waals surface area (Å²) < 4.78 is 6.64. The second-order valence-corrected chi connectivity index (χ2v) is 4.82. The maximum absolute atomic E-state index is 5.91. The fourth-order valence-corrected chi connectivity index (χ4v) is 1.90. The molecule has 0 saturated carbocycles. The van der Waals surface area contributed by atoms with Gasteiger partial charge in [0.2, 0.25) is 0 Å². The Kier molecular flexibility index (Phi) is 4.33. The van der Waals surface area contributed by atoms with Crippen molar-refractivity contribution in [3.8, 4) is 11.5 Å². The molecule has 0 unspecified atom stereocenters. The standard InChI is InChI=1S/C14H15BrN2O/c1-2-12(16)13-8-7-10(9-17-13)18-14-6-4-3-5-11(14)15/h3-9,12H,2,16H2,1H3/t12-/m0/s1. The van der Waals surface area contributed by atoms with Gasteiger partial charge in [0.25, 0.3) is 0 Å². The molecule has 94 valence electrons. The Morgan fingerprint density at radius 1 is 1.28 bits per heavy atom. The van der Waals surface area contributed by atoms with E-state index in [0.717, 1.165) is 22.3 Å². The van der Waals surface area contributed by atoms with Gasteiger partial charge in [0.1, 0.15) is 11.5 Å². The van der Waals surface area contributed by atoms with Crippen molar-refractivity contribution >= 4 is 15.9 Å². The van der Waals surface area contributed by atoms with Crippen molar-refractivity contribution in [2.75, 3.05) is 0 Å². The summed E-state index contributed by atoms with van der Waals surface area (Å²) in [6.07, 6.45) is 2.57. The second kappa shape index (κ2) is 5.98. The van der Waals surface area contributed by atoms with E-state index in [-0.39, 0.29) is 6.04 Å². The third kappa shape index (κ3) is 3.09. The van der Waals surface area contributed by atoms with Crippen LogP contribution in [0.3, 0.4) is 0 Å². The first-order valence-corrected chi connectivity index (χ1v) is 6.64. The van der Waals surface area contributed by atoms with Crippen LogP contribution >= 0.6 is 15.9 Å². The van der Waals surface area contributed by atoms with Crippen molar-refractivity contribution in [2.45, 2.75) is 19.4 Å². The molecule has 4 heteroatoms. The number of para-hydroxylation sites is 1.